The summed E-state index contributed by atoms with van der Waals surface area (Å²) in [4.78, 5) is 28.1. The minimum Gasteiger partial charge on any atom is -0.331 e. The molecule has 3 rings (SSSR count). The standard InChI is InChI=1S/C13H19ClN8O/c1-20(2)13(23)21-5-3-8(4-6-21)22-7-16-9-10(19-15)17-12(14)18-11(9)22/h7-8H,3-6,15H2,1-2H3,(H,17,18,19). The van der Waals surface area contributed by atoms with Crippen molar-refractivity contribution in [3.05, 3.63) is 11.6 Å². The van der Waals surface area contributed by atoms with Crippen molar-refractivity contribution in [3.8, 4) is 0 Å². The molecule has 1 aliphatic heterocycles. The summed E-state index contributed by atoms with van der Waals surface area (Å²) < 4.78 is 1.99. The number of anilines is 1. The van der Waals surface area contributed by atoms with Gasteiger partial charge in [-0.05, 0) is 24.4 Å². The first-order chi connectivity index (χ1) is 11.0. The van der Waals surface area contributed by atoms with Gasteiger partial charge in [-0.2, -0.15) is 9.97 Å². The van der Waals surface area contributed by atoms with Crippen LogP contribution in [0.1, 0.15) is 18.9 Å². The summed E-state index contributed by atoms with van der Waals surface area (Å²) in [5, 5.41) is 0.118. The van der Waals surface area contributed by atoms with E-state index in [-0.39, 0.29) is 17.4 Å². The van der Waals surface area contributed by atoms with E-state index < -0.39 is 0 Å². The van der Waals surface area contributed by atoms with Crippen molar-refractivity contribution in [2.75, 3.05) is 32.6 Å². The van der Waals surface area contributed by atoms with E-state index in [2.05, 4.69) is 20.4 Å². The SMILES string of the molecule is CN(C)C(=O)N1CCC(n2cnc3c(NN)nc(Cl)nc32)CC1. The molecule has 1 aliphatic rings. The number of hydrogen-bond acceptors (Lipinski definition) is 6. The molecule has 1 fully saturated rings. The fraction of sp³-hybridized carbons (Fsp3) is 0.538. The van der Waals surface area contributed by atoms with Gasteiger partial charge < -0.3 is 19.8 Å². The van der Waals surface area contributed by atoms with Crippen molar-refractivity contribution < 1.29 is 4.79 Å². The molecule has 0 bridgehead atoms. The molecule has 2 amide bonds. The molecule has 0 atom stereocenters. The van der Waals surface area contributed by atoms with Gasteiger partial charge in [-0.3, -0.25) is 0 Å². The zero-order chi connectivity index (χ0) is 16.6. The normalized spacial score (nSPS) is 15.9. The van der Waals surface area contributed by atoms with E-state index in [1.54, 1.807) is 25.3 Å². The second-order valence-corrected chi connectivity index (χ2v) is 6.04. The third kappa shape index (κ3) is 2.89. The first-order valence-electron chi connectivity index (χ1n) is 7.34. The number of rotatable bonds is 2. The Morgan fingerprint density at radius 3 is 2.70 bits per heavy atom. The first kappa shape index (κ1) is 15.8. The predicted molar refractivity (Wildman–Crippen MR) is 87.1 cm³/mol. The Morgan fingerprint density at radius 1 is 1.39 bits per heavy atom. The Bertz CT molecular complexity index is 722. The van der Waals surface area contributed by atoms with Crippen LogP contribution in [0.4, 0.5) is 10.6 Å². The number of piperidine rings is 1. The molecule has 0 aromatic carbocycles. The number of urea groups is 1. The van der Waals surface area contributed by atoms with Crippen LogP contribution in [0.5, 0.6) is 0 Å². The highest BCUT2D eigenvalue weighted by Crippen LogP contribution is 2.28. The molecule has 3 heterocycles. The maximum Gasteiger partial charge on any atom is 0.319 e. The van der Waals surface area contributed by atoms with Gasteiger partial charge in [-0.25, -0.2) is 15.6 Å². The van der Waals surface area contributed by atoms with Gasteiger partial charge >= 0.3 is 6.03 Å². The number of halogens is 1. The molecule has 0 aliphatic carbocycles. The quantitative estimate of drug-likeness (QED) is 0.482. The predicted octanol–water partition coefficient (Wildman–Crippen LogP) is 1.08. The number of amides is 2. The van der Waals surface area contributed by atoms with Crippen molar-refractivity contribution in [1.82, 2.24) is 29.3 Å². The molecule has 1 saturated heterocycles. The van der Waals surface area contributed by atoms with Gasteiger partial charge in [0.2, 0.25) is 5.28 Å². The molecule has 10 heteroatoms. The summed E-state index contributed by atoms with van der Waals surface area (Å²) in [6, 6.07) is 0.252. The molecular weight excluding hydrogens is 320 g/mol. The van der Waals surface area contributed by atoms with Crippen LogP contribution in [0.15, 0.2) is 6.33 Å². The molecule has 0 saturated carbocycles. The lowest BCUT2D eigenvalue weighted by molar-refractivity contribution is 0.149. The fourth-order valence-electron chi connectivity index (χ4n) is 2.88. The van der Waals surface area contributed by atoms with Crippen LogP contribution in [-0.4, -0.2) is 62.5 Å². The molecule has 124 valence electrons. The van der Waals surface area contributed by atoms with E-state index in [9.17, 15) is 4.79 Å². The first-order valence-corrected chi connectivity index (χ1v) is 7.72. The van der Waals surface area contributed by atoms with Crippen LogP contribution in [0.25, 0.3) is 11.2 Å². The number of imidazole rings is 1. The van der Waals surface area contributed by atoms with Crippen molar-refractivity contribution in [2.45, 2.75) is 18.9 Å². The minimum atomic E-state index is 0.0407. The van der Waals surface area contributed by atoms with Crippen LogP contribution in [-0.2, 0) is 0 Å². The Morgan fingerprint density at radius 2 is 2.09 bits per heavy atom. The Balaban J connectivity index is 1.83. The summed E-state index contributed by atoms with van der Waals surface area (Å²) >= 11 is 5.95. The molecule has 9 nitrogen and oxygen atoms in total. The summed E-state index contributed by atoms with van der Waals surface area (Å²) in [7, 11) is 3.52. The molecule has 2 aromatic rings. The van der Waals surface area contributed by atoms with Crippen molar-refractivity contribution in [1.29, 1.82) is 0 Å². The Labute approximate surface area is 138 Å². The molecule has 23 heavy (non-hydrogen) atoms. The number of nitrogens with two attached hydrogens (primary N) is 1. The Hall–Kier alpha value is -2.13. The summed E-state index contributed by atoms with van der Waals surface area (Å²) in [6.45, 7) is 1.39. The number of nitrogens with one attached hydrogen (secondary N) is 1. The summed E-state index contributed by atoms with van der Waals surface area (Å²) in [5.41, 5.74) is 3.73. The van der Waals surface area contributed by atoms with Gasteiger partial charge in [-0.1, -0.05) is 0 Å². The van der Waals surface area contributed by atoms with Crippen LogP contribution in [0.3, 0.4) is 0 Å². The van der Waals surface area contributed by atoms with E-state index >= 15 is 0 Å². The fourth-order valence-corrected chi connectivity index (χ4v) is 3.04. The van der Waals surface area contributed by atoms with Gasteiger partial charge in [0.05, 0.1) is 6.33 Å². The highest BCUT2D eigenvalue weighted by molar-refractivity contribution is 6.28. The number of likely N-dealkylation sites (tertiary alicyclic amines) is 1. The largest absolute Gasteiger partial charge is 0.331 e. The second-order valence-electron chi connectivity index (χ2n) is 5.70. The van der Waals surface area contributed by atoms with Crippen LogP contribution < -0.4 is 11.3 Å². The number of nitrogens with zero attached hydrogens (tertiary/aromatic N) is 6. The van der Waals surface area contributed by atoms with E-state index in [0.29, 0.717) is 30.1 Å². The van der Waals surface area contributed by atoms with E-state index in [0.717, 1.165) is 12.8 Å². The number of carbonyl (C=O) groups is 1. The average molecular weight is 339 g/mol. The number of hydrazine groups is 1. The highest BCUT2D eigenvalue weighted by atomic mass is 35.5. The average Bonchev–Trinajstić information content (AvgIpc) is 2.97. The molecule has 0 radical (unpaired) electrons. The summed E-state index contributed by atoms with van der Waals surface area (Å²) in [6.07, 6.45) is 3.39. The number of fused-ring (bicyclic) bond motifs is 1. The molecule has 3 N–H and O–H groups in total. The smallest absolute Gasteiger partial charge is 0.319 e. The molecule has 0 unspecified atom stereocenters. The number of carbonyl (C=O) groups excluding carboxylic acids is 1. The van der Waals surface area contributed by atoms with Gasteiger partial charge in [0, 0.05) is 33.2 Å². The molecular formula is C13H19ClN8O. The van der Waals surface area contributed by atoms with Gasteiger partial charge in [0.15, 0.2) is 17.0 Å². The third-order valence-electron chi connectivity index (χ3n) is 4.04. The lowest BCUT2D eigenvalue weighted by atomic mass is 10.1. The number of hydrogen-bond donors (Lipinski definition) is 2. The van der Waals surface area contributed by atoms with Gasteiger partial charge in [0.1, 0.15) is 0 Å². The van der Waals surface area contributed by atoms with E-state index in [1.807, 2.05) is 9.47 Å². The van der Waals surface area contributed by atoms with Crippen molar-refractivity contribution >= 4 is 34.6 Å². The minimum absolute atomic E-state index is 0.0407. The lowest BCUT2D eigenvalue weighted by Gasteiger charge is -2.34. The maximum absolute atomic E-state index is 12.0. The van der Waals surface area contributed by atoms with Crippen LogP contribution >= 0.6 is 11.6 Å². The van der Waals surface area contributed by atoms with Crippen LogP contribution in [0, 0.1) is 0 Å². The van der Waals surface area contributed by atoms with Crippen molar-refractivity contribution in [2.24, 2.45) is 5.84 Å². The van der Waals surface area contributed by atoms with Gasteiger partial charge in [-0.15, -0.1) is 0 Å². The third-order valence-corrected chi connectivity index (χ3v) is 4.21. The zero-order valence-corrected chi connectivity index (χ0v) is 13.8. The monoisotopic (exact) mass is 338 g/mol. The maximum atomic E-state index is 12.0. The number of aromatic nitrogens is 4. The number of nitrogen functional groups attached to an aromatic ring is 1. The Kier molecular flexibility index (Phi) is 4.22. The zero-order valence-electron chi connectivity index (χ0n) is 13.0. The van der Waals surface area contributed by atoms with Crippen LogP contribution in [0.2, 0.25) is 5.28 Å². The topological polar surface area (TPSA) is 105 Å². The molecule has 2 aromatic heterocycles. The van der Waals surface area contributed by atoms with E-state index in [4.69, 9.17) is 17.4 Å². The van der Waals surface area contributed by atoms with E-state index in [1.165, 1.54) is 0 Å². The van der Waals surface area contributed by atoms with Crippen molar-refractivity contribution in [3.63, 3.8) is 0 Å². The lowest BCUT2D eigenvalue weighted by Crippen LogP contribution is -2.44. The molecule has 0 spiro atoms. The highest BCUT2D eigenvalue weighted by Gasteiger charge is 2.26. The second kappa shape index (κ2) is 6.17. The van der Waals surface area contributed by atoms with Gasteiger partial charge in [0.25, 0.3) is 0 Å². The summed E-state index contributed by atoms with van der Waals surface area (Å²) in [5.74, 6) is 5.86.